The molecule has 2 aromatic rings. The van der Waals surface area contributed by atoms with E-state index in [2.05, 4.69) is 5.10 Å². The average Bonchev–Trinajstić information content (AvgIpc) is 2.75. The number of halogens is 2. The Morgan fingerprint density at radius 3 is 2.53 bits per heavy atom. The van der Waals surface area contributed by atoms with Gasteiger partial charge in [0.05, 0.1) is 17.5 Å². The van der Waals surface area contributed by atoms with Crippen molar-refractivity contribution >= 4 is 23.2 Å². The van der Waals surface area contributed by atoms with E-state index in [0.717, 1.165) is 23.5 Å². The normalized spacial score (nSPS) is 12.7. The zero-order chi connectivity index (χ0) is 14.0. The Morgan fingerprint density at radius 2 is 1.95 bits per heavy atom. The summed E-state index contributed by atoms with van der Waals surface area (Å²) in [6.07, 6.45) is -0.289. The first kappa shape index (κ1) is 14.4. The summed E-state index contributed by atoms with van der Waals surface area (Å²) in [7, 11) is 0. The van der Waals surface area contributed by atoms with E-state index < -0.39 is 6.10 Å². The maximum absolute atomic E-state index is 10.4. The van der Waals surface area contributed by atoms with Gasteiger partial charge < -0.3 is 5.11 Å². The number of nitrogens with zero attached hydrogens (tertiary/aromatic N) is 2. The molecule has 0 amide bonds. The van der Waals surface area contributed by atoms with Gasteiger partial charge in [0, 0.05) is 23.0 Å². The van der Waals surface area contributed by atoms with Gasteiger partial charge >= 0.3 is 0 Å². The van der Waals surface area contributed by atoms with Crippen molar-refractivity contribution in [3.63, 3.8) is 0 Å². The Labute approximate surface area is 122 Å². The first-order valence-corrected chi connectivity index (χ1v) is 6.93. The summed E-state index contributed by atoms with van der Waals surface area (Å²) >= 11 is 12.2. The molecule has 1 unspecified atom stereocenters. The van der Waals surface area contributed by atoms with Crippen molar-refractivity contribution in [1.82, 2.24) is 9.78 Å². The standard InChI is InChI=1S/C14H16Cl2N2O/c1-3-18-13(7-9(2)17-18)14(19)8-10-11(15)5-4-6-12(10)16/h4-7,14,19H,3,8H2,1-2H3. The molecule has 0 spiro atoms. The van der Waals surface area contributed by atoms with Crippen LogP contribution in [0.4, 0.5) is 0 Å². The molecule has 2 rings (SSSR count). The van der Waals surface area contributed by atoms with E-state index in [-0.39, 0.29) is 0 Å². The van der Waals surface area contributed by atoms with Crippen molar-refractivity contribution in [1.29, 1.82) is 0 Å². The lowest BCUT2D eigenvalue weighted by Gasteiger charge is -2.14. The van der Waals surface area contributed by atoms with E-state index in [1.165, 1.54) is 0 Å². The van der Waals surface area contributed by atoms with Crippen LogP contribution < -0.4 is 0 Å². The Balaban J connectivity index is 2.28. The molecule has 1 heterocycles. The monoisotopic (exact) mass is 298 g/mol. The highest BCUT2D eigenvalue weighted by Gasteiger charge is 2.17. The molecule has 0 aliphatic carbocycles. The van der Waals surface area contributed by atoms with Gasteiger partial charge in [-0.2, -0.15) is 5.10 Å². The molecule has 0 fully saturated rings. The third kappa shape index (κ3) is 3.11. The largest absolute Gasteiger partial charge is 0.386 e. The lowest BCUT2D eigenvalue weighted by Crippen LogP contribution is -2.10. The third-order valence-corrected chi connectivity index (χ3v) is 3.74. The summed E-state index contributed by atoms with van der Waals surface area (Å²) in [4.78, 5) is 0. The summed E-state index contributed by atoms with van der Waals surface area (Å²) < 4.78 is 1.80. The summed E-state index contributed by atoms with van der Waals surface area (Å²) in [6, 6.07) is 7.23. The zero-order valence-electron chi connectivity index (χ0n) is 10.9. The van der Waals surface area contributed by atoms with Crippen LogP contribution in [0.25, 0.3) is 0 Å². The Hall–Kier alpha value is -1.03. The lowest BCUT2D eigenvalue weighted by atomic mass is 10.1. The van der Waals surface area contributed by atoms with E-state index in [1.54, 1.807) is 22.9 Å². The van der Waals surface area contributed by atoms with Crippen LogP contribution in [-0.4, -0.2) is 14.9 Å². The fourth-order valence-electron chi connectivity index (χ4n) is 2.11. The predicted molar refractivity (Wildman–Crippen MR) is 77.8 cm³/mol. The average molecular weight is 299 g/mol. The Kier molecular flexibility index (Phi) is 4.50. The number of aryl methyl sites for hydroxylation is 2. The van der Waals surface area contributed by atoms with Crippen LogP contribution >= 0.6 is 23.2 Å². The molecule has 1 aromatic carbocycles. The third-order valence-electron chi connectivity index (χ3n) is 3.03. The minimum absolute atomic E-state index is 0.379. The summed E-state index contributed by atoms with van der Waals surface area (Å²) in [6.45, 7) is 4.62. The molecule has 1 atom stereocenters. The van der Waals surface area contributed by atoms with Crippen LogP contribution in [0.3, 0.4) is 0 Å². The zero-order valence-corrected chi connectivity index (χ0v) is 12.4. The number of aliphatic hydroxyl groups excluding tert-OH is 1. The van der Waals surface area contributed by atoms with Gasteiger partial charge in [0.1, 0.15) is 0 Å². The molecular weight excluding hydrogens is 283 g/mol. The number of hydrogen-bond acceptors (Lipinski definition) is 2. The predicted octanol–water partition coefficient (Wildman–Crippen LogP) is 3.79. The van der Waals surface area contributed by atoms with Crippen LogP contribution in [0.15, 0.2) is 24.3 Å². The minimum Gasteiger partial charge on any atom is -0.386 e. The first-order valence-electron chi connectivity index (χ1n) is 6.18. The first-order chi connectivity index (χ1) is 9.02. The van der Waals surface area contributed by atoms with Gasteiger partial charge in [0.15, 0.2) is 0 Å². The van der Waals surface area contributed by atoms with Crippen LogP contribution in [0, 0.1) is 6.92 Å². The second kappa shape index (κ2) is 5.95. The smallest absolute Gasteiger partial charge is 0.0998 e. The quantitative estimate of drug-likeness (QED) is 0.932. The summed E-state index contributed by atoms with van der Waals surface area (Å²) in [5.74, 6) is 0. The van der Waals surface area contributed by atoms with Crippen molar-refractivity contribution in [2.75, 3.05) is 0 Å². The van der Waals surface area contributed by atoms with Crippen LogP contribution in [0.2, 0.25) is 10.0 Å². The second-order valence-electron chi connectivity index (χ2n) is 4.45. The van der Waals surface area contributed by atoms with Gasteiger partial charge in [-0.05, 0) is 37.6 Å². The van der Waals surface area contributed by atoms with E-state index in [1.807, 2.05) is 19.9 Å². The summed E-state index contributed by atoms with van der Waals surface area (Å²) in [5, 5.41) is 15.8. The molecule has 102 valence electrons. The Bertz CT molecular complexity index is 561. The number of aliphatic hydroxyl groups is 1. The molecule has 0 bridgehead atoms. The van der Waals surface area contributed by atoms with Crippen LogP contribution in [0.1, 0.15) is 30.0 Å². The van der Waals surface area contributed by atoms with E-state index in [0.29, 0.717) is 16.5 Å². The van der Waals surface area contributed by atoms with Crippen LogP contribution in [-0.2, 0) is 13.0 Å². The SMILES string of the molecule is CCn1nc(C)cc1C(O)Cc1c(Cl)cccc1Cl. The molecule has 1 N–H and O–H groups in total. The van der Waals surface area contributed by atoms with E-state index in [9.17, 15) is 5.11 Å². The molecule has 3 nitrogen and oxygen atoms in total. The topological polar surface area (TPSA) is 38.0 Å². The van der Waals surface area contributed by atoms with Crippen molar-refractivity contribution in [2.24, 2.45) is 0 Å². The van der Waals surface area contributed by atoms with E-state index in [4.69, 9.17) is 23.2 Å². The lowest BCUT2D eigenvalue weighted by molar-refractivity contribution is 0.167. The highest BCUT2D eigenvalue weighted by atomic mass is 35.5. The van der Waals surface area contributed by atoms with Gasteiger partial charge in [-0.1, -0.05) is 29.3 Å². The van der Waals surface area contributed by atoms with Gasteiger partial charge in [0.25, 0.3) is 0 Å². The molecule has 5 heteroatoms. The fourth-order valence-corrected chi connectivity index (χ4v) is 2.66. The maximum Gasteiger partial charge on any atom is 0.0998 e. The van der Waals surface area contributed by atoms with E-state index >= 15 is 0 Å². The number of hydrogen-bond donors (Lipinski definition) is 1. The van der Waals surface area contributed by atoms with Crippen molar-refractivity contribution < 1.29 is 5.11 Å². The molecule has 1 aromatic heterocycles. The molecule has 19 heavy (non-hydrogen) atoms. The highest BCUT2D eigenvalue weighted by molar-refractivity contribution is 6.35. The van der Waals surface area contributed by atoms with Crippen molar-refractivity contribution in [2.45, 2.75) is 32.9 Å². The second-order valence-corrected chi connectivity index (χ2v) is 5.26. The van der Waals surface area contributed by atoms with Crippen molar-refractivity contribution in [3.8, 4) is 0 Å². The van der Waals surface area contributed by atoms with Gasteiger partial charge in [-0.15, -0.1) is 0 Å². The Morgan fingerprint density at radius 1 is 1.32 bits per heavy atom. The number of aromatic nitrogens is 2. The molecule has 0 aliphatic rings. The summed E-state index contributed by atoms with van der Waals surface area (Å²) in [5.41, 5.74) is 2.44. The molecular formula is C14H16Cl2N2O. The van der Waals surface area contributed by atoms with Gasteiger partial charge in [-0.25, -0.2) is 0 Å². The van der Waals surface area contributed by atoms with Gasteiger partial charge in [0.2, 0.25) is 0 Å². The number of benzene rings is 1. The molecule has 0 saturated heterocycles. The number of rotatable bonds is 4. The molecule has 0 saturated carbocycles. The molecule has 0 radical (unpaired) electrons. The minimum atomic E-state index is -0.668. The van der Waals surface area contributed by atoms with Crippen LogP contribution in [0.5, 0.6) is 0 Å². The maximum atomic E-state index is 10.4. The fraction of sp³-hybridized carbons (Fsp3) is 0.357. The van der Waals surface area contributed by atoms with Gasteiger partial charge in [-0.3, -0.25) is 4.68 Å². The highest BCUT2D eigenvalue weighted by Crippen LogP contribution is 2.29. The molecule has 0 aliphatic heterocycles. The van der Waals surface area contributed by atoms with Crippen molar-refractivity contribution in [3.05, 3.63) is 51.3 Å².